The van der Waals surface area contributed by atoms with Crippen LogP contribution in [-0.4, -0.2) is 44.9 Å². The Hall–Kier alpha value is -1.93. The van der Waals surface area contributed by atoms with E-state index in [0.717, 1.165) is 36.3 Å². The number of aryl methyl sites for hydroxylation is 1. The van der Waals surface area contributed by atoms with Gasteiger partial charge in [-0.1, -0.05) is 18.2 Å². The number of rotatable bonds is 3. The molecule has 28 heavy (non-hydrogen) atoms. The van der Waals surface area contributed by atoms with Crippen LogP contribution >= 0.6 is 11.6 Å². The molecule has 148 valence electrons. The molecule has 3 aliphatic rings. The van der Waals surface area contributed by atoms with E-state index in [2.05, 4.69) is 16.0 Å². The molecule has 4 atom stereocenters. The van der Waals surface area contributed by atoms with Crippen LogP contribution in [0, 0.1) is 12.8 Å². The zero-order valence-corrected chi connectivity index (χ0v) is 16.5. The number of nitrogens with zero attached hydrogens (tertiary/aromatic N) is 3. The summed E-state index contributed by atoms with van der Waals surface area (Å²) in [6.45, 7) is 3.02. The molecule has 8 heteroatoms. The van der Waals surface area contributed by atoms with E-state index in [1.54, 1.807) is 0 Å². The lowest BCUT2D eigenvalue weighted by atomic mass is 9.81. The average molecular weight is 402 g/mol. The highest BCUT2D eigenvalue weighted by Crippen LogP contribution is 2.38. The minimum absolute atomic E-state index is 0.0306. The lowest BCUT2D eigenvalue weighted by Crippen LogP contribution is -2.66. The molecule has 1 aromatic heterocycles. The summed E-state index contributed by atoms with van der Waals surface area (Å²) in [6.07, 6.45) is 2.57. The van der Waals surface area contributed by atoms with Gasteiger partial charge in [0.1, 0.15) is 17.6 Å². The second-order valence-electron chi connectivity index (χ2n) is 7.82. The highest BCUT2D eigenvalue weighted by Gasteiger charge is 2.51. The maximum absolute atomic E-state index is 13.4. The normalized spacial score (nSPS) is 30.4. The summed E-state index contributed by atoms with van der Waals surface area (Å²) in [4.78, 5) is 20.0. The van der Waals surface area contributed by atoms with Gasteiger partial charge in [-0.25, -0.2) is 15.4 Å². The molecule has 1 amide bonds. The van der Waals surface area contributed by atoms with Gasteiger partial charge in [-0.2, -0.15) is 5.53 Å². The Labute approximate surface area is 169 Å². The van der Waals surface area contributed by atoms with E-state index in [1.165, 1.54) is 0 Å². The van der Waals surface area contributed by atoms with Gasteiger partial charge in [-0.15, -0.1) is 11.6 Å². The Kier molecular flexibility index (Phi) is 4.63. The Morgan fingerprint density at radius 2 is 2.11 bits per heavy atom. The highest BCUT2D eigenvalue weighted by molar-refractivity contribution is 6.20. The number of amides is 1. The Morgan fingerprint density at radius 1 is 1.29 bits per heavy atom. The highest BCUT2D eigenvalue weighted by atomic mass is 35.5. The molecule has 5 rings (SSSR count). The fourth-order valence-corrected chi connectivity index (χ4v) is 4.97. The van der Waals surface area contributed by atoms with Gasteiger partial charge >= 0.3 is 0 Å². The van der Waals surface area contributed by atoms with E-state index >= 15 is 0 Å². The first-order chi connectivity index (χ1) is 13.6. The van der Waals surface area contributed by atoms with Gasteiger partial charge < -0.3 is 9.32 Å². The minimum Gasteiger partial charge on any atom is -0.441 e. The van der Waals surface area contributed by atoms with Crippen molar-refractivity contribution in [1.29, 1.82) is 0 Å². The topological polar surface area (TPSA) is 73.6 Å². The van der Waals surface area contributed by atoms with Crippen molar-refractivity contribution >= 4 is 17.5 Å². The molecule has 2 aliphatic heterocycles. The summed E-state index contributed by atoms with van der Waals surface area (Å²) in [5.74, 6) is 1.43. The number of fused-ring (bicyclic) bond motifs is 3. The molecule has 2 aromatic rings. The van der Waals surface area contributed by atoms with Crippen LogP contribution in [0.3, 0.4) is 0 Å². The van der Waals surface area contributed by atoms with Crippen LogP contribution in [0.5, 0.6) is 0 Å². The molecule has 2 saturated heterocycles. The smallest absolute Gasteiger partial charge is 0.229 e. The molecular formula is C20H24ClN5O2. The Bertz CT molecular complexity index is 873. The van der Waals surface area contributed by atoms with Gasteiger partial charge in [0.25, 0.3) is 0 Å². The van der Waals surface area contributed by atoms with Crippen LogP contribution < -0.4 is 11.0 Å². The summed E-state index contributed by atoms with van der Waals surface area (Å²) < 4.78 is 5.90. The van der Waals surface area contributed by atoms with E-state index in [0.29, 0.717) is 19.0 Å². The standard InChI is InChI=1S/C20H24ClN5O2/c1-12-16(23-19(28-12)13-5-3-2-4-6-13)11-25-18-10-22-24-26(18)17-8-7-14(21)9-15(17)20(25)27/h2-6,14-15,17-18,22,24H,7-11H2,1H3. The number of halogens is 1. The molecule has 4 unspecified atom stereocenters. The van der Waals surface area contributed by atoms with Crippen molar-refractivity contribution in [1.82, 2.24) is 25.9 Å². The van der Waals surface area contributed by atoms with E-state index in [1.807, 2.05) is 42.2 Å². The molecule has 1 aromatic carbocycles. The summed E-state index contributed by atoms with van der Waals surface area (Å²) in [7, 11) is 0. The lowest BCUT2D eigenvalue weighted by Gasteiger charge is -2.49. The SMILES string of the molecule is Cc1oc(-c2ccccc2)nc1CN1C(=O)C2CC(Cl)CCC2N2NNCC12. The summed E-state index contributed by atoms with van der Waals surface area (Å²) in [6, 6.07) is 10.0. The first-order valence-electron chi connectivity index (χ1n) is 9.85. The van der Waals surface area contributed by atoms with Crippen molar-refractivity contribution in [2.24, 2.45) is 5.92 Å². The Balaban J connectivity index is 1.43. The van der Waals surface area contributed by atoms with Crippen molar-refractivity contribution < 1.29 is 9.21 Å². The fraction of sp³-hybridized carbons (Fsp3) is 0.500. The molecule has 2 N–H and O–H groups in total. The van der Waals surface area contributed by atoms with Crippen LogP contribution in [-0.2, 0) is 11.3 Å². The number of benzene rings is 1. The number of alkyl halides is 1. The number of carbonyl (C=O) groups excluding carboxylic acids is 1. The fourth-order valence-electron chi connectivity index (χ4n) is 4.65. The summed E-state index contributed by atoms with van der Waals surface area (Å²) >= 11 is 6.40. The van der Waals surface area contributed by atoms with Crippen molar-refractivity contribution in [3.05, 3.63) is 41.8 Å². The third-order valence-corrected chi connectivity index (χ3v) is 6.51. The number of oxazole rings is 1. The van der Waals surface area contributed by atoms with Gasteiger partial charge in [-0.3, -0.25) is 4.79 Å². The predicted molar refractivity (Wildman–Crippen MR) is 105 cm³/mol. The number of nitrogens with one attached hydrogen (secondary N) is 2. The summed E-state index contributed by atoms with van der Waals surface area (Å²) in [5.41, 5.74) is 8.19. The number of carbonyl (C=O) groups is 1. The monoisotopic (exact) mass is 401 g/mol. The molecule has 1 aliphatic carbocycles. The van der Waals surface area contributed by atoms with Crippen molar-refractivity contribution in [2.45, 2.75) is 50.3 Å². The number of hydrogen-bond donors (Lipinski definition) is 2. The van der Waals surface area contributed by atoms with E-state index in [9.17, 15) is 4.79 Å². The minimum atomic E-state index is -0.0827. The molecule has 7 nitrogen and oxygen atoms in total. The third kappa shape index (κ3) is 3.03. The van der Waals surface area contributed by atoms with Gasteiger partial charge in [-0.05, 0) is 38.3 Å². The average Bonchev–Trinajstić information content (AvgIpc) is 3.33. The van der Waals surface area contributed by atoms with E-state index in [4.69, 9.17) is 21.0 Å². The van der Waals surface area contributed by atoms with Gasteiger partial charge in [0, 0.05) is 23.5 Å². The molecule has 3 heterocycles. The quantitative estimate of drug-likeness (QED) is 0.769. The molecule has 0 spiro atoms. The maximum Gasteiger partial charge on any atom is 0.229 e. The van der Waals surface area contributed by atoms with Crippen LogP contribution in [0.25, 0.3) is 11.5 Å². The molecule has 1 saturated carbocycles. The van der Waals surface area contributed by atoms with Crippen LogP contribution in [0.2, 0.25) is 0 Å². The van der Waals surface area contributed by atoms with E-state index < -0.39 is 0 Å². The number of hydrogen-bond acceptors (Lipinski definition) is 6. The molecule has 0 radical (unpaired) electrons. The number of hydrazine groups is 2. The predicted octanol–water partition coefficient (Wildman–Crippen LogP) is 2.42. The van der Waals surface area contributed by atoms with E-state index in [-0.39, 0.29) is 29.4 Å². The zero-order valence-electron chi connectivity index (χ0n) is 15.8. The van der Waals surface area contributed by atoms with Crippen LogP contribution in [0.4, 0.5) is 0 Å². The molecule has 3 fully saturated rings. The number of aromatic nitrogens is 1. The molecule has 0 bridgehead atoms. The van der Waals surface area contributed by atoms with Crippen molar-refractivity contribution in [3.63, 3.8) is 0 Å². The second-order valence-corrected chi connectivity index (χ2v) is 8.44. The lowest BCUT2D eigenvalue weighted by molar-refractivity contribution is -0.161. The van der Waals surface area contributed by atoms with Crippen molar-refractivity contribution in [3.8, 4) is 11.5 Å². The third-order valence-electron chi connectivity index (χ3n) is 6.11. The van der Waals surface area contributed by atoms with Gasteiger partial charge in [0.15, 0.2) is 0 Å². The second kappa shape index (κ2) is 7.15. The molecular weight excluding hydrogens is 378 g/mol. The zero-order chi connectivity index (χ0) is 19.3. The largest absolute Gasteiger partial charge is 0.441 e. The van der Waals surface area contributed by atoms with Crippen molar-refractivity contribution in [2.75, 3.05) is 6.54 Å². The Morgan fingerprint density at radius 3 is 2.93 bits per heavy atom. The summed E-state index contributed by atoms with van der Waals surface area (Å²) in [5, 5.41) is 2.26. The first-order valence-corrected chi connectivity index (χ1v) is 10.3. The van der Waals surface area contributed by atoms with Crippen LogP contribution in [0.15, 0.2) is 34.7 Å². The maximum atomic E-state index is 13.4. The van der Waals surface area contributed by atoms with Crippen LogP contribution in [0.1, 0.15) is 30.7 Å². The van der Waals surface area contributed by atoms with Gasteiger partial charge in [0.2, 0.25) is 11.8 Å². The van der Waals surface area contributed by atoms with Gasteiger partial charge in [0.05, 0.1) is 12.5 Å². The first kappa shape index (κ1) is 18.1.